The highest BCUT2D eigenvalue weighted by molar-refractivity contribution is 9.10. The molecule has 3 heteroatoms. The molecule has 0 N–H and O–H groups in total. The molecule has 21 heavy (non-hydrogen) atoms. The van der Waals surface area contributed by atoms with Crippen LogP contribution >= 0.6 is 38.9 Å². The van der Waals surface area contributed by atoms with Crippen LogP contribution in [0.5, 0.6) is 0 Å². The number of halogens is 2. The Morgan fingerprint density at radius 2 is 1.62 bits per heavy atom. The first-order valence-electron chi connectivity index (χ1n) is 6.60. The summed E-state index contributed by atoms with van der Waals surface area (Å²) in [4.78, 5) is 0. The van der Waals surface area contributed by atoms with Gasteiger partial charge in [-0.3, -0.25) is 0 Å². The van der Waals surface area contributed by atoms with Gasteiger partial charge in [0.15, 0.2) is 0 Å². The molecule has 0 nitrogen and oxygen atoms in total. The highest BCUT2D eigenvalue weighted by Gasteiger charge is 2.12. The second kappa shape index (κ2) is 5.13. The molecular weight excluding hydrogens is 364 g/mol. The molecule has 0 amide bonds. The summed E-state index contributed by atoms with van der Waals surface area (Å²) in [6.45, 7) is 0. The minimum Gasteiger partial charge on any atom is -0.135 e. The molecule has 0 spiro atoms. The fraction of sp³-hybridized carbons (Fsp3) is 0. The van der Waals surface area contributed by atoms with Crippen molar-refractivity contribution in [3.63, 3.8) is 0 Å². The summed E-state index contributed by atoms with van der Waals surface area (Å²) in [7, 11) is 0. The fourth-order valence-electron chi connectivity index (χ4n) is 2.70. The van der Waals surface area contributed by atoms with Crippen LogP contribution in [-0.4, -0.2) is 0 Å². The van der Waals surface area contributed by atoms with Gasteiger partial charge < -0.3 is 0 Å². The second-order valence-electron chi connectivity index (χ2n) is 4.90. The van der Waals surface area contributed by atoms with E-state index in [0.29, 0.717) is 0 Å². The lowest BCUT2D eigenvalue weighted by Gasteiger charge is -2.08. The summed E-state index contributed by atoms with van der Waals surface area (Å²) in [6, 6.07) is 20.9. The number of rotatable bonds is 1. The van der Waals surface area contributed by atoms with E-state index in [4.69, 9.17) is 11.6 Å². The van der Waals surface area contributed by atoms with Gasteiger partial charge in [0.1, 0.15) is 0 Å². The van der Waals surface area contributed by atoms with Crippen LogP contribution in [0.15, 0.2) is 65.1 Å². The van der Waals surface area contributed by atoms with Crippen LogP contribution in [0.1, 0.15) is 0 Å². The van der Waals surface area contributed by atoms with Gasteiger partial charge in [-0.1, -0.05) is 57.9 Å². The Bertz CT molecular complexity index is 971. The molecule has 0 radical (unpaired) electrons. The van der Waals surface area contributed by atoms with E-state index in [-0.39, 0.29) is 0 Å². The van der Waals surface area contributed by atoms with Gasteiger partial charge in [0.2, 0.25) is 0 Å². The minimum absolute atomic E-state index is 0.754. The van der Waals surface area contributed by atoms with Crippen molar-refractivity contribution in [2.75, 3.05) is 0 Å². The van der Waals surface area contributed by atoms with Gasteiger partial charge in [-0.05, 0) is 41.5 Å². The van der Waals surface area contributed by atoms with Crippen molar-refractivity contribution in [1.82, 2.24) is 0 Å². The number of fused-ring (bicyclic) bond motifs is 3. The zero-order valence-electron chi connectivity index (χ0n) is 10.9. The third-order valence-electron chi connectivity index (χ3n) is 3.62. The van der Waals surface area contributed by atoms with Crippen molar-refractivity contribution in [3.8, 4) is 11.1 Å². The quantitative estimate of drug-likeness (QED) is 0.332. The molecule has 3 aromatic carbocycles. The van der Waals surface area contributed by atoms with E-state index in [1.54, 1.807) is 0 Å². The number of benzene rings is 3. The number of hydrogen-bond acceptors (Lipinski definition) is 1. The standard InChI is InChI=1S/C18H10BrClS/c19-15-9-8-11(20)10-14(15)12-5-3-7-17-18(12)13-4-1-2-6-16(13)21-17/h1-10H. The Labute approximate surface area is 140 Å². The predicted octanol–water partition coefficient (Wildman–Crippen LogP) is 7.14. The average Bonchev–Trinajstić information content (AvgIpc) is 2.88. The van der Waals surface area contributed by atoms with Crippen LogP contribution in [0.25, 0.3) is 31.3 Å². The Hall–Kier alpha value is -1.35. The van der Waals surface area contributed by atoms with Crippen LogP contribution in [-0.2, 0) is 0 Å². The highest BCUT2D eigenvalue weighted by atomic mass is 79.9. The van der Waals surface area contributed by atoms with Crippen LogP contribution in [0.2, 0.25) is 5.02 Å². The lowest BCUT2D eigenvalue weighted by atomic mass is 9.99. The van der Waals surface area contributed by atoms with Crippen molar-refractivity contribution in [1.29, 1.82) is 0 Å². The molecule has 0 bridgehead atoms. The van der Waals surface area contributed by atoms with Gasteiger partial charge >= 0.3 is 0 Å². The lowest BCUT2D eigenvalue weighted by molar-refractivity contribution is 1.62. The Kier molecular flexibility index (Phi) is 3.26. The van der Waals surface area contributed by atoms with Crippen LogP contribution in [0.3, 0.4) is 0 Å². The first-order chi connectivity index (χ1) is 10.2. The van der Waals surface area contributed by atoms with E-state index in [9.17, 15) is 0 Å². The first kappa shape index (κ1) is 13.3. The summed E-state index contributed by atoms with van der Waals surface area (Å²) < 4.78 is 3.69. The molecule has 0 unspecified atom stereocenters. The molecule has 0 atom stereocenters. The molecule has 0 aliphatic heterocycles. The molecule has 0 saturated carbocycles. The van der Waals surface area contributed by atoms with Crippen molar-refractivity contribution in [2.24, 2.45) is 0 Å². The highest BCUT2D eigenvalue weighted by Crippen LogP contribution is 2.42. The Balaban J connectivity index is 2.16. The zero-order valence-corrected chi connectivity index (χ0v) is 14.1. The Morgan fingerprint density at radius 1 is 0.810 bits per heavy atom. The predicted molar refractivity (Wildman–Crippen MR) is 97.5 cm³/mol. The average molecular weight is 374 g/mol. The molecule has 0 aliphatic rings. The summed E-state index contributed by atoms with van der Waals surface area (Å²) in [5.41, 5.74) is 2.36. The van der Waals surface area contributed by atoms with Crippen molar-refractivity contribution < 1.29 is 0 Å². The molecule has 0 fully saturated rings. The fourth-order valence-corrected chi connectivity index (χ4v) is 4.47. The smallest absolute Gasteiger partial charge is 0.0412 e. The molecule has 102 valence electrons. The van der Waals surface area contributed by atoms with E-state index in [0.717, 1.165) is 15.1 Å². The summed E-state index contributed by atoms with van der Waals surface area (Å²) >= 11 is 11.7. The molecule has 4 rings (SSSR count). The van der Waals surface area contributed by atoms with Crippen LogP contribution in [0.4, 0.5) is 0 Å². The third kappa shape index (κ3) is 2.18. The van der Waals surface area contributed by atoms with Gasteiger partial charge in [-0.15, -0.1) is 11.3 Å². The van der Waals surface area contributed by atoms with Crippen molar-refractivity contribution in [2.45, 2.75) is 0 Å². The Morgan fingerprint density at radius 3 is 2.52 bits per heavy atom. The topological polar surface area (TPSA) is 0 Å². The summed E-state index contributed by atoms with van der Waals surface area (Å²) in [5.74, 6) is 0. The number of hydrogen-bond donors (Lipinski definition) is 0. The maximum Gasteiger partial charge on any atom is 0.0412 e. The van der Waals surface area contributed by atoms with E-state index < -0.39 is 0 Å². The third-order valence-corrected chi connectivity index (χ3v) is 5.68. The first-order valence-corrected chi connectivity index (χ1v) is 8.58. The second-order valence-corrected chi connectivity index (χ2v) is 7.28. The summed E-state index contributed by atoms with van der Waals surface area (Å²) in [6.07, 6.45) is 0. The zero-order chi connectivity index (χ0) is 14.4. The number of thiophene rings is 1. The maximum absolute atomic E-state index is 6.19. The monoisotopic (exact) mass is 372 g/mol. The minimum atomic E-state index is 0.754. The lowest BCUT2D eigenvalue weighted by Crippen LogP contribution is -1.81. The molecule has 0 saturated heterocycles. The maximum atomic E-state index is 6.19. The SMILES string of the molecule is Clc1ccc(Br)c(-c2cccc3sc4ccccc4c23)c1. The van der Waals surface area contributed by atoms with Gasteiger partial charge in [0.25, 0.3) is 0 Å². The largest absolute Gasteiger partial charge is 0.135 e. The molecule has 4 aromatic rings. The van der Waals surface area contributed by atoms with Crippen LogP contribution in [0, 0.1) is 0 Å². The van der Waals surface area contributed by atoms with Gasteiger partial charge in [-0.25, -0.2) is 0 Å². The van der Waals surface area contributed by atoms with E-state index >= 15 is 0 Å². The molecule has 1 aromatic heterocycles. The van der Waals surface area contributed by atoms with Gasteiger partial charge in [-0.2, -0.15) is 0 Å². The van der Waals surface area contributed by atoms with Crippen molar-refractivity contribution >= 4 is 59.0 Å². The normalized spacial score (nSPS) is 11.3. The van der Waals surface area contributed by atoms with Gasteiger partial charge in [0.05, 0.1) is 0 Å². The van der Waals surface area contributed by atoms with E-state index in [1.807, 2.05) is 29.5 Å². The summed E-state index contributed by atoms with van der Waals surface area (Å²) in [5, 5.41) is 3.37. The van der Waals surface area contributed by atoms with Gasteiger partial charge in [0, 0.05) is 29.7 Å². The molecule has 0 aliphatic carbocycles. The van der Waals surface area contributed by atoms with Crippen molar-refractivity contribution in [3.05, 3.63) is 70.2 Å². The van der Waals surface area contributed by atoms with E-state index in [2.05, 4.69) is 58.4 Å². The van der Waals surface area contributed by atoms with Crippen LogP contribution < -0.4 is 0 Å². The van der Waals surface area contributed by atoms with E-state index in [1.165, 1.54) is 25.7 Å². The molecule has 1 heterocycles. The molecular formula is C18H10BrClS.